The second kappa shape index (κ2) is 6.96. The van der Waals surface area contributed by atoms with E-state index in [0.717, 1.165) is 18.8 Å². The number of carbonyl (C=O) groups excluding carboxylic acids is 1. The highest BCUT2D eigenvalue weighted by Crippen LogP contribution is 2.23. The Bertz CT molecular complexity index is 669. The van der Waals surface area contributed by atoms with Crippen LogP contribution in [0, 0.1) is 0 Å². The molecule has 22 heavy (non-hydrogen) atoms. The molecule has 0 atom stereocenters. The zero-order valence-electron chi connectivity index (χ0n) is 13.3. The van der Waals surface area contributed by atoms with Crippen molar-refractivity contribution in [1.29, 1.82) is 0 Å². The van der Waals surface area contributed by atoms with E-state index in [-0.39, 0.29) is 11.7 Å². The third-order valence-electron chi connectivity index (χ3n) is 3.24. The van der Waals surface area contributed by atoms with Gasteiger partial charge in [0.2, 0.25) is 0 Å². The molecule has 7 heteroatoms. The molecule has 0 fully saturated rings. The average Bonchev–Trinajstić information content (AvgIpc) is 2.87. The summed E-state index contributed by atoms with van der Waals surface area (Å²) in [4.78, 5) is 18.3. The maximum Gasteiger partial charge on any atom is 0.358 e. The second-order valence-electron chi connectivity index (χ2n) is 5.24. The Morgan fingerprint density at radius 3 is 2.73 bits per heavy atom. The first-order valence-corrected chi connectivity index (χ1v) is 7.85. The summed E-state index contributed by atoms with van der Waals surface area (Å²) < 4.78 is 6.64. The van der Waals surface area contributed by atoms with Crippen LogP contribution < -0.4 is 4.90 Å². The van der Waals surface area contributed by atoms with Crippen LogP contribution in [-0.2, 0) is 4.74 Å². The molecule has 0 bridgehead atoms. The number of rotatable bonds is 6. The van der Waals surface area contributed by atoms with Crippen LogP contribution in [0.2, 0.25) is 5.15 Å². The minimum Gasteiger partial charge on any atom is -0.461 e. The van der Waals surface area contributed by atoms with E-state index in [4.69, 9.17) is 16.3 Å². The van der Waals surface area contributed by atoms with Gasteiger partial charge < -0.3 is 9.64 Å². The molecule has 120 valence electrons. The third kappa shape index (κ3) is 3.32. The molecule has 0 amide bonds. The van der Waals surface area contributed by atoms with E-state index in [1.54, 1.807) is 23.6 Å². The van der Waals surface area contributed by atoms with Gasteiger partial charge in [-0.05, 0) is 27.2 Å². The lowest BCUT2D eigenvalue weighted by Gasteiger charge is -2.28. The number of carbonyl (C=O) groups is 1. The van der Waals surface area contributed by atoms with Gasteiger partial charge in [0.25, 0.3) is 0 Å². The van der Waals surface area contributed by atoms with Crippen molar-refractivity contribution in [3.05, 3.63) is 23.0 Å². The van der Waals surface area contributed by atoms with Gasteiger partial charge in [0.15, 0.2) is 11.3 Å². The van der Waals surface area contributed by atoms with Crippen molar-refractivity contribution in [1.82, 2.24) is 14.6 Å². The van der Waals surface area contributed by atoms with Gasteiger partial charge in [0, 0.05) is 24.7 Å². The van der Waals surface area contributed by atoms with Crippen LogP contribution in [0.4, 0.5) is 5.82 Å². The van der Waals surface area contributed by atoms with E-state index < -0.39 is 5.97 Å². The Labute approximate surface area is 135 Å². The second-order valence-corrected chi connectivity index (χ2v) is 5.63. The fourth-order valence-corrected chi connectivity index (χ4v) is 2.50. The Hall–Kier alpha value is -1.82. The van der Waals surface area contributed by atoms with Crippen molar-refractivity contribution in [3.8, 4) is 0 Å². The predicted molar refractivity (Wildman–Crippen MR) is 86.7 cm³/mol. The highest BCUT2D eigenvalue weighted by molar-refractivity contribution is 6.29. The molecule has 2 aromatic heterocycles. The molecule has 0 unspecified atom stereocenters. The van der Waals surface area contributed by atoms with Crippen molar-refractivity contribution in [2.24, 2.45) is 0 Å². The average molecular weight is 325 g/mol. The van der Waals surface area contributed by atoms with E-state index in [9.17, 15) is 4.79 Å². The van der Waals surface area contributed by atoms with Crippen molar-refractivity contribution < 1.29 is 9.53 Å². The molecule has 2 aromatic rings. The summed E-state index contributed by atoms with van der Waals surface area (Å²) in [5.74, 6) is 0.365. The van der Waals surface area contributed by atoms with E-state index in [1.165, 1.54) is 0 Å². The SMILES string of the molecule is CCCN(c1cc(Cl)nc2cc(C(=O)OCC)nn12)C(C)C. The standard InChI is InChI=1S/C15H21ClN4O2/c1-5-7-19(10(3)4)14-9-12(16)17-13-8-11(18-20(13)14)15(21)22-6-2/h8-10H,5-7H2,1-4H3. The normalized spacial score (nSPS) is 11.2. The molecule has 0 saturated carbocycles. The van der Waals surface area contributed by atoms with Crippen LogP contribution in [-0.4, -0.2) is 39.8 Å². The van der Waals surface area contributed by atoms with Gasteiger partial charge >= 0.3 is 5.97 Å². The number of anilines is 1. The molecule has 0 aliphatic carbocycles. The van der Waals surface area contributed by atoms with E-state index in [1.807, 2.05) is 0 Å². The lowest BCUT2D eigenvalue weighted by molar-refractivity contribution is 0.0519. The third-order valence-corrected chi connectivity index (χ3v) is 3.44. The fourth-order valence-electron chi connectivity index (χ4n) is 2.32. The molecule has 0 aliphatic rings. The zero-order chi connectivity index (χ0) is 16.3. The van der Waals surface area contributed by atoms with Crippen LogP contribution in [0.25, 0.3) is 5.65 Å². The number of fused-ring (bicyclic) bond motifs is 1. The van der Waals surface area contributed by atoms with Crippen molar-refractivity contribution in [3.63, 3.8) is 0 Å². The van der Waals surface area contributed by atoms with Gasteiger partial charge in [0.05, 0.1) is 6.61 Å². The zero-order valence-corrected chi connectivity index (χ0v) is 14.1. The molecule has 0 saturated heterocycles. The minimum atomic E-state index is -0.457. The molecule has 6 nitrogen and oxygen atoms in total. The Balaban J connectivity index is 2.55. The van der Waals surface area contributed by atoms with Gasteiger partial charge in [-0.1, -0.05) is 18.5 Å². The molecule has 0 radical (unpaired) electrons. The van der Waals surface area contributed by atoms with Crippen molar-refractivity contribution >= 4 is 29.0 Å². The maximum absolute atomic E-state index is 11.9. The number of esters is 1. The molecule has 0 spiro atoms. The van der Waals surface area contributed by atoms with Gasteiger partial charge in [0.1, 0.15) is 11.0 Å². The van der Waals surface area contributed by atoms with E-state index in [0.29, 0.717) is 17.4 Å². The molecule has 2 heterocycles. The largest absolute Gasteiger partial charge is 0.461 e. The molecule has 0 aromatic carbocycles. The number of aromatic nitrogens is 3. The van der Waals surface area contributed by atoms with E-state index in [2.05, 4.69) is 35.8 Å². The van der Waals surface area contributed by atoms with Gasteiger partial charge in [-0.15, -0.1) is 0 Å². The van der Waals surface area contributed by atoms with Gasteiger partial charge in [-0.3, -0.25) is 0 Å². The maximum atomic E-state index is 11.9. The predicted octanol–water partition coefficient (Wildman–Crippen LogP) is 3.18. The molecule has 0 N–H and O–H groups in total. The Kier molecular flexibility index (Phi) is 5.24. The molecular weight excluding hydrogens is 304 g/mol. The lowest BCUT2D eigenvalue weighted by Crippen LogP contribution is -2.33. The van der Waals surface area contributed by atoms with Gasteiger partial charge in [-0.25, -0.2) is 9.78 Å². The van der Waals surface area contributed by atoms with Crippen LogP contribution in [0.3, 0.4) is 0 Å². The summed E-state index contributed by atoms with van der Waals surface area (Å²) in [5, 5.41) is 4.71. The number of nitrogens with zero attached hydrogens (tertiary/aromatic N) is 4. The summed E-state index contributed by atoms with van der Waals surface area (Å²) >= 11 is 6.13. The fraction of sp³-hybridized carbons (Fsp3) is 0.533. The molecular formula is C15H21ClN4O2. The lowest BCUT2D eigenvalue weighted by atomic mass is 10.3. The number of ether oxygens (including phenoxy) is 1. The Morgan fingerprint density at radius 1 is 1.41 bits per heavy atom. The van der Waals surface area contributed by atoms with Crippen LogP contribution in [0.5, 0.6) is 0 Å². The molecule has 0 aliphatic heterocycles. The van der Waals surface area contributed by atoms with E-state index >= 15 is 0 Å². The van der Waals surface area contributed by atoms with Crippen LogP contribution >= 0.6 is 11.6 Å². The summed E-state index contributed by atoms with van der Waals surface area (Å²) in [6, 6.07) is 3.64. The highest BCUT2D eigenvalue weighted by atomic mass is 35.5. The van der Waals surface area contributed by atoms with Gasteiger partial charge in [-0.2, -0.15) is 9.61 Å². The summed E-state index contributed by atoms with van der Waals surface area (Å²) in [6.45, 7) is 9.25. The smallest absolute Gasteiger partial charge is 0.358 e. The molecule has 2 rings (SSSR count). The summed E-state index contributed by atoms with van der Waals surface area (Å²) in [7, 11) is 0. The van der Waals surface area contributed by atoms with Crippen molar-refractivity contribution in [2.45, 2.75) is 40.2 Å². The monoisotopic (exact) mass is 324 g/mol. The Morgan fingerprint density at radius 2 is 2.14 bits per heavy atom. The number of hydrogen-bond donors (Lipinski definition) is 0. The summed E-state index contributed by atoms with van der Waals surface area (Å²) in [5.41, 5.74) is 0.769. The first kappa shape index (κ1) is 16.5. The first-order valence-electron chi connectivity index (χ1n) is 7.48. The quantitative estimate of drug-likeness (QED) is 0.603. The number of halogens is 1. The van der Waals surface area contributed by atoms with Crippen molar-refractivity contribution in [2.75, 3.05) is 18.1 Å². The van der Waals surface area contributed by atoms with Crippen LogP contribution in [0.1, 0.15) is 44.6 Å². The van der Waals surface area contributed by atoms with Crippen LogP contribution in [0.15, 0.2) is 12.1 Å². The highest BCUT2D eigenvalue weighted by Gasteiger charge is 2.19. The topological polar surface area (TPSA) is 59.7 Å². The number of hydrogen-bond acceptors (Lipinski definition) is 5. The minimum absolute atomic E-state index is 0.234. The first-order chi connectivity index (χ1) is 10.5. The summed E-state index contributed by atoms with van der Waals surface area (Å²) in [6.07, 6.45) is 0.992.